The average Bonchev–Trinajstić information content (AvgIpc) is 2.91. The molecule has 116 valence electrons. The Morgan fingerprint density at radius 2 is 2.14 bits per heavy atom. The van der Waals surface area contributed by atoms with Gasteiger partial charge in [-0.05, 0) is 73.5 Å². The van der Waals surface area contributed by atoms with Gasteiger partial charge >= 0.3 is 0 Å². The average molecular weight is 290 g/mol. The highest BCUT2D eigenvalue weighted by Gasteiger charge is 2.39. The first-order valence-electron chi connectivity index (χ1n) is 8.16. The molecule has 4 atom stereocenters. The quantitative estimate of drug-likeness (QED) is 0.876. The normalized spacial score (nSPS) is 28.8. The monoisotopic (exact) mass is 290 g/mol. The fourth-order valence-electron chi connectivity index (χ4n) is 4.43. The molecule has 21 heavy (non-hydrogen) atoms. The zero-order chi connectivity index (χ0) is 14.8. The van der Waals surface area contributed by atoms with Gasteiger partial charge in [0.15, 0.2) is 0 Å². The molecule has 0 saturated heterocycles. The number of hydrogen-bond acceptors (Lipinski definition) is 3. The summed E-state index contributed by atoms with van der Waals surface area (Å²) in [7, 11) is 1.76. The third kappa shape index (κ3) is 2.95. The zero-order valence-electron chi connectivity index (χ0n) is 12.8. The summed E-state index contributed by atoms with van der Waals surface area (Å²) < 4.78 is 5.52. The minimum Gasteiger partial charge on any atom is -0.496 e. The van der Waals surface area contributed by atoms with Crippen LogP contribution < -0.4 is 4.74 Å². The van der Waals surface area contributed by atoms with Crippen molar-refractivity contribution in [2.75, 3.05) is 13.7 Å². The van der Waals surface area contributed by atoms with Crippen LogP contribution in [-0.2, 0) is 12.8 Å². The van der Waals surface area contributed by atoms with Gasteiger partial charge in [-0.1, -0.05) is 12.1 Å². The van der Waals surface area contributed by atoms with Crippen molar-refractivity contribution in [2.45, 2.75) is 44.6 Å². The Bertz CT molecular complexity index is 485. The van der Waals surface area contributed by atoms with Crippen LogP contribution in [0.4, 0.5) is 0 Å². The van der Waals surface area contributed by atoms with E-state index in [1.165, 1.54) is 24.0 Å². The van der Waals surface area contributed by atoms with Crippen LogP contribution >= 0.6 is 0 Å². The van der Waals surface area contributed by atoms with Gasteiger partial charge in [0.25, 0.3) is 0 Å². The van der Waals surface area contributed by atoms with E-state index < -0.39 is 6.10 Å². The zero-order valence-corrected chi connectivity index (χ0v) is 12.8. The van der Waals surface area contributed by atoms with Gasteiger partial charge in [-0.25, -0.2) is 0 Å². The lowest BCUT2D eigenvalue weighted by atomic mass is 9.73. The molecule has 0 aliphatic heterocycles. The van der Waals surface area contributed by atoms with E-state index in [0.29, 0.717) is 5.92 Å². The van der Waals surface area contributed by atoms with E-state index in [9.17, 15) is 5.11 Å². The fourth-order valence-corrected chi connectivity index (χ4v) is 4.43. The first-order chi connectivity index (χ1) is 10.2. The van der Waals surface area contributed by atoms with E-state index in [0.717, 1.165) is 43.3 Å². The molecule has 0 heterocycles. The Kier molecular flexibility index (Phi) is 4.51. The molecule has 0 spiro atoms. The molecular weight excluding hydrogens is 264 g/mol. The number of hydrogen-bond donors (Lipinski definition) is 2. The van der Waals surface area contributed by atoms with E-state index in [1.54, 1.807) is 7.11 Å². The lowest BCUT2D eigenvalue weighted by Gasteiger charge is -2.32. The Balaban J connectivity index is 1.71. The molecule has 1 saturated carbocycles. The minimum absolute atomic E-state index is 0.110. The first kappa shape index (κ1) is 14.9. The van der Waals surface area contributed by atoms with Gasteiger partial charge in [0.2, 0.25) is 0 Å². The molecule has 4 unspecified atom stereocenters. The number of fused-ring (bicyclic) bond motifs is 2. The van der Waals surface area contributed by atoms with Crippen molar-refractivity contribution in [3.63, 3.8) is 0 Å². The van der Waals surface area contributed by atoms with E-state index in [2.05, 4.69) is 18.2 Å². The molecule has 1 aromatic carbocycles. The number of aliphatic hydroxyl groups is 2. The van der Waals surface area contributed by atoms with Crippen molar-refractivity contribution in [1.29, 1.82) is 0 Å². The van der Waals surface area contributed by atoms with Crippen molar-refractivity contribution in [3.8, 4) is 5.75 Å². The van der Waals surface area contributed by atoms with Crippen LogP contribution in [0.5, 0.6) is 5.75 Å². The maximum absolute atomic E-state index is 9.57. The summed E-state index contributed by atoms with van der Waals surface area (Å²) in [6.45, 7) is -0.110. The van der Waals surface area contributed by atoms with E-state index >= 15 is 0 Å². The van der Waals surface area contributed by atoms with Gasteiger partial charge in [0.1, 0.15) is 5.75 Å². The molecule has 3 nitrogen and oxygen atoms in total. The third-order valence-electron chi connectivity index (χ3n) is 5.57. The summed E-state index contributed by atoms with van der Waals surface area (Å²) in [4.78, 5) is 0. The standard InChI is InChI=1S/C18H26O3/c1-21-18-4-2-3-13-9-16-12(7-8-15(20)11-19)5-6-14(16)10-17(13)18/h2-4,12,14-16,19-20H,5-11H2,1H3. The predicted molar refractivity (Wildman–Crippen MR) is 82.4 cm³/mol. The summed E-state index contributed by atoms with van der Waals surface area (Å²) in [5, 5.41) is 18.5. The lowest BCUT2D eigenvalue weighted by molar-refractivity contribution is 0.0795. The Labute approximate surface area is 127 Å². The summed E-state index contributed by atoms with van der Waals surface area (Å²) in [6.07, 6.45) is 6.09. The number of benzene rings is 1. The number of ether oxygens (including phenoxy) is 1. The van der Waals surface area contributed by atoms with E-state index in [1.807, 2.05) is 0 Å². The van der Waals surface area contributed by atoms with Crippen LogP contribution in [0.1, 0.15) is 36.8 Å². The second kappa shape index (κ2) is 6.37. The molecular formula is C18H26O3. The van der Waals surface area contributed by atoms with Crippen LogP contribution in [0, 0.1) is 17.8 Å². The highest BCUT2D eigenvalue weighted by atomic mass is 16.5. The van der Waals surface area contributed by atoms with Crippen molar-refractivity contribution >= 4 is 0 Å². The van der Waals surface area contributed by atoms with Crippen LogP contribution in [0.25, 0.3) is 0 Å². The summed E-state index contributed by atoms with van der Waals surface area (Å²) in [5.41, 5.74) is 2.86. The Morgan fingerprint density at radius 1 is 1.29 bits per heavy atom. The fraction of sp³-hybridized carbons (Fsp3) is 0.667. The summed E-state index contributed by atoms with van der Waals surface area (Å²) in [5.74, 6) is 3.27. The highest BCUT2D eigenvalue weighted by Crippen LogP contribution is 2.48. The maximum atomic E-state index is 9.57. The van der Waals surface area contributed by atoms with Gasteiger partial charge < -0.3 is 14.9 Å². The van der Waals surface area contributed by atoms with Crippen LogP contribution in [0.15, 0.2) is 18.2 Å². The van der Waals surface area contributed by atoms with Crippen molar-refractivity contribution in [1.82, 2.24) is 0 Å². The Hall–Kier alpha value is -1.06. The maximum Gasteiger partial charge on any atom is 0.122 e. The van der Waals surface area contributed by atoms with Crippen LogP contribution in [-0.4, -0.2) is 30.0 Å². The molecule has 0 aromatic heterocycles. The number of rotatable bonds is 5. The van der Waals surface area contributed by atoms with Gasteiger partial charge in [-0.15, -0.1) is 0 Å². The van der Waals surface area contributed by atoms with E-state index in [4.69, 9.17) is 9.84 Å². The summed E-state index contributed by atoms with van der Waals surface area (Å²) >= 11 is 0. The largest absolute Gasteiger partial charge is 0.496 e. The summed E-state index contributed by atoms with van der Waals surface area (Å²) in [6, 6.07) is 6.41. The van der Waals surface area contributed by atoms with E-state index in [-0.39, 0.29) is 6.61 Å². The molecule has 0 radical (unpaired) electrons. The molecule has 2 N–H and O–H groups in total. The molecule has 0 bridgehead atoms. The van der Waals surface area contributed by atoms with Gasteiger partial charge in [-0.2, -0.15) is 0 Å². The second-order valence-electron chi connectivity index (χ2n) is 6.68. The SMILES string of the molecule is COc1cccc2c1CC1CCC(CCC(O)CO)C1C2. The molecule has 3 heteroatoms. The van der Waals surface area contributed by atoms with Gasteiger partial charge in [-0.3, -0.25) is 0 Å². The van der Waals surface area contributed by atoms with Crippen LogP contribution in [0.2, 0.25) is 0 Å². The highest BCUT2D eigenvalue weighted by molar-refractivity contribution is 5.42. The molecule has 2 aliphatic rings. The first-order valence-corrected chi connectivity index (χ1v) is 8.16. The lowest BCUT2D eigenvalue weighted by Crippen LogP contribution is -2.26. The molecule has 1 aromatic rings. The third-order valence-corrected chi connectivity index (χ3v) is 5.57. The molecule has 2 aliphatic carbocycles. The van der Waals surface area contributed by atoms with Crippen molar-refractivity contribution in [3.05, 3.63) is 29.3 Å². The Morgan fingerprint density at radius 3 is 2.90 bits per heavy atom. The molecule has 1 fully saturated rings. The van der Waals surface area contributed by atoms with Gasteiger partial charge in [0.05, 0.1) is 19.8 Å². The minimum atomic E-state index is -0.542. The molecule has 3 rings (SSSR count). The smallest absolute Gasteiger partial charge is 0.122 e. The van der Waals surface area contributed by atoms with Gasteiger partial charge in [0, 0.05) is 0 Å². The van der Waals surface area contributed by atoms with Crippen molar-refractivity contribution < 1.29 is 14.9 Å². The second-order valence-corrected chi connectivity index (χ2v) is 6.68. The van der Waals surface area contributed by atoms with Crippen molar-refractivity contribution in [2.24, 2.45) is 17.8 Å². The number of methoxy groups -OCH3 is 1. The number of aliphatic hydroxyl groups excluding tert-OH is 2. The topological polar surface area (TPSA) is 49.7 Å². The molecule has 0 amide bonds. The van der Waals surface area contributed by atoms with Crippen LogP contribution in [0.3, 0.4) is 0 Å². The predicted octanol–water partition coefficient (Wildman–Crippen LogP) is 2.57.